The number of allylic oxidation sites excluding steroid dienone is 1. The second kappa shape index (κ2) is 7.06. The van der Waals surface area contributed by atoms with Crippen LogP contribution in [0.15, 0.2) is 42.2 Å². The van der Waals surface area contributed by atoms with E-state index in [1.165, 1.54) is 0 Å². The number of hydrogen-bond donors (Lipinski definition) is 3. The molecule has 0 saturated carbocycles. The minimum absolute atomic E-state index is 0.0221. The molecule has 0 fully saturated rings. The van der Waals surface area contributed by atoms with E-state index < -0.39 is 0 Å². The number of halogens is 1. The van der Waals surface area contributed by atoms with Gasteiger partial charge in [-0.2, -0.15) is 0 Å². The van der Waals surface area contributed by atoms with Gasteiger partial charge in [-0.05, 0) is 36.6 Å². The summed E-state index contributed by atoms with van der Waals surface area (Å²) >= 11 is 6.09. The highest BCUT2D eigenvalue weighted by atomic mass is 35.5. The van der Waals surface area contributed by atoms with Crippen molar-refractivity contribution in [1.29, 1.82) is 0 Å². The molecule has 1 aliphatic heterocycles. The van der Waals surface area contributed by atoms with Crippen LogP contribution in [0.2, 0.25) is 5.02 Å². The van der Waals surface area contributed by atoms with Crippen LogP contribution in [0.3, 0.4) is 0 Å². The van der Waals surface area contributed by atoms with Crippen molar-refractivity contribution in [1.82, 2.24) is 10.6 Å². The van der Waals surface area contributed by atoms with Crippen molar-refractivity contribution in [2.75, 3.05) is 5.73 Å². The van der Waals surface area contributed by atoms with Gasteiger partial charge in [0.05, 0.1) is 5.02 Å². The fourth-order valence-corrected chi connectivity index (χ4v) is 2.00. The van der Waals surface area contributed by atoms with Crippen LogP contribution < -0.4 is 16.4 Å². The number of hydrogen-bond acceptors (Lipinski definition) is 3. The largest absolute Gasteiger partial charge is 0.399 e. The second-order valence-electron chi connectivity index (χ2n) is 5.25. The Morgan fingerprint density at radius 3 is 2.91 bits per heavy atom. The van der Waals surface area contributed by atoms with Crippen molar-refractivity contribution in [2.24, 2.45) is 5.92 Å². The molecule has 1 aromatic carbocycles. The molecule has 0 spiro atoms. The zero-order chi connectivity index (χ0) is 16.1. The molecule has 4 nitrogen and oxygen atoms in total. The minimum Gasteiger partial charge on any atom is -0.399 e. The standard InChI is InChI=1S/C17H18ClN3O/c1-11(2)17(22)21-15-7-8-20-14(10-15)6-4-12-3-5-13(19)9-16(12)18/h3,5,7-11,14,20H,19H2,1-2H3,(H,21,22). The van der Waals surface area contributed by atoms with Gasteiger partial charge in [0.15, 0.2) is 0 Å². The average Bonchev–Trinajstić information content (AvgIpc) is 2.46. The summed E-state index contributed by atoms with van der Waals surface area (Å²) < 4.78 is 0. The smallest absolute Gasteiger partial charge is 0.226 e. The van der Waals surface area contributed by atoms with Gasteiger partial charge in [0.2, 0.25) is 5.91 Å². The number of nitrogen functional groups attached to an aromatic ring is 1. The number of rotatable bonds is 2. The van der Waals surface area contributed by atoms with Gasteiger partial charge in [0, 0.05) is 22.9 Å². The second-order valence-corrected chi connectivity index (χ2v) is 5.66. The highest BCUT2D eigenvalue weighted by molar-refractivity contribution is 6.32. The molecule has 0 bridgehead atoms. The van der Waals surface area contributed by atoms with Crippen LogP contribution in [0.1, 0.15) is 19.4 Å². The molecular weight excluding hydrogens is 298 g/mol. The average molecular weight is 316 g/mol. The third kappa shape index (κ3) is 4.31. The summed E-state index contributed by atoms with van der Waals surface area (Å²) in [5, 5.41) is 6.48. The van der Waals surface area contributed by atoms with Crippen molar-refractivity contribution < 1.29 is 4.79 Å². The lowest BCUT2D eigenvalue weighted by molar-refractivity contribution is -0.123. The molecule has 1 aromatic rings. The predicted octanol–water partition coefficient (Wildman–Crippen LogP) is 2.42. The van der Waals surface area contributed by atoms with Gasteiger partial charge in [0.25, 0.3) is 0 Å². The molecule has 1 aliphatic rings. The first-order valence-corrected chi connectivity index (χ1v) is 7.35. The minimum atomic E-state index is -0.193. The Labute approximate surface area is 135 Å². The fourth-order valence-electron chi connectivity index (χ4n) is 1.77. The molecular formula is C17H18ClN3O. The van der Waals surface area contributed by atoms with Crippen molar-refractivity contribution in [2.45, 2.75) is 19.9 Å². The van der Waals surface area contributed by atoms with E-state index in [0.29, 0.717) is 16.3 Å². The Bertz CT molecular complexity index is 696. The number of nitrogens with two attached hydrogens (primary N) is 1. The normalized spacial score (nSPS) is 16.4. The monoisotopic (exact) mass is 315 g/mol. The van der Waals surface area contributed by atoms with Gasteiger partial charge in [-0.1, -0.05) is 37.3 Å². The van der Waals surface area contributed by atoms with Crippen LogP contribution in [-0.4, -0.2) is 11.9 Å². The lowest BCUT2D eigenvalue weighted by atomic mass is 10.1. The Morgan fingerprint density at radius 2 is 2.23 bits per heavy atom. The van der Waals surface area contributed by atoms with Gasteiger partial charge in [-0.3, -0.25) is 4.79 Å². The quantitative estimate of drug-likeness (QED) is 0.580. The lowest BCUT2D eigenvalue weighted by Crippen LogP contribution is -2.31. The first-order valence-electron chi connectivity index (χ1n) is 6.97. The first-order chi connectivity index (χ1) is 10.5. The van der Waals surface area contributed by atoms with Crippen molar-refractivity contribution >= 4 is 23.2 Å². The maximum atomic E-state index is 11.7. The molecule has 4 N–H and O–H groups in total. The maximum absolute atomic E-state index is 11.7. The van der Waals surface area contributed by atoms with Gasteiger partial charge in [0.1, 0.15) is 6.04 Å². The summed E-state index contributed by atoms with van der Waals surface area (Å²) in [6.45, 7) is 3.70. The van der Waals surface area contributed by atoms with Gasteiger partial charge in [-0.25, -0.2) is 0 Å². The van der Waals surface area contributed by atoms with Crippen LogP contribution >= 0.6 is 11.6 Å². The highest BCUT2D eigenvalue weighted by Gasteiger charge is 2.11. The summed E-state index contributed by atoms with van der Waals surface area (Å²) in [5.74, 6) is 5.99. The van der Waals surface area contributed by atoms with Crippen LogP contribution in [0, 0.1) is 17.8 Å². The van der Waals surface area contributed by atoms with Crippen molar-refractivity contribution in [3.8, 4) is 11.8 Å². The topological polar surface area (TPSA) is 67.2 Å². The fraction of sp³-hybridized carbons (Fsp3) is 0.235. The molecule has 1 unspecified atom stereocenters. The van der Waals surface area contributed by atoms with Crippen molar-refractivity contribution in [3.05, 3.63) is 52.8 Å². The van der Waals surface area contributed by atoms with E-state index in [-0.39, 0.29) is 17.9 Å². The summed E-state index contributed by atoms with van der Waals surface area (Å²) in [7, 11) is 0. The van der Waals surface area contributed by atoms with Gasteiger partial charge >= 0.3 is 0 Å². The highest BCUT2D eigenvalue weighted by Crippen LogP contribution is 2.18. The molecule has 5 heteroatoms. The third-order valence-corrected chi connectivity index (χ3v) is 3.35. The van der Waals surface area contributed by atoms with Crippen molar-refractivity contribution in [3.63, 3.8) is 0 Å². The molecule has 2 rings (SSSR count). The van der Waals surface area contributed by atoms with E-state index >= 15 is 0 Å². The molecule has 0 radical (unpaired) electrons. The Balaban J connectivity index is 2.11. The zero-order valence-electron chi connectivity index (χ0n) is 12.5. The first kappa shape index (κ1) is 16.0. The number of carbonyl (C=O) groups excluding carboxylic acids is 1. The summed E-state index contributed by atoms with van der Waals surface area (Å²) in [4.78, 5) is 11.7. The van der Waals surface area contributed by atoms with E-state index in [1.54, 1.807) is 30.5 Å². The number of benzene rings is 1. The Hall–Kier alpha value is -2.38. The van der Waals surface area contributed by atoms with E-state index in [2.05, 4.69) is 22.5 Å². The lowest BCUT2D eigenvalue weighted by Gasteiger charge is -2.16. The summed E-state index contributed by atoms with van der Waals surface area (Å²) in [6, 6.07) is 5.02. The molecule has 0 aromatic heterocycles. The molecule has 1 amide bonds. The Morgan fingerprint density at radius 1 is 1.45 bits per heavy atom. The number of nitrogens with one attached hydrogen (secondary N) is 2. The number of dihydropyridines is 1. The number of carbonyl (C=O) groups is 1. The molecule has 114 valence electrons. The van der Waals surface area contributed by atoms with E-state index in [9.17, 15) is 4.79 Å². The molecule has 1 heterocycles. The molecule has 1 atom stereocenters. The molecule has 0 aliphatic carbocycles. The summed E-state index contributed by atoms with van der Waals surface area (Å²) in [5.41, 5.74) is 7.71. The molecule has 22 heavy (non-hydrogen) atoms. The number of amides is 1. The van der Waals surface area contributed by atoms with E-state index in [1.807, 2.05) is 19.9 Å². The van der Waals surface area contributed by atoms with Crippen LogP contribution in [-0.2, 0) is 4.79 Å². The van der Waals surface area contributed by atoms with Crippen LogP contribution in [0.25, 0.3) is 0 Å². The van der Waals surface area contributed by atoms with E-state index in [0.717, 1.165) is 5.70 Å². The number of anilines is 1. The van der Waals surface area contributed by atoms with Gasteiger partial charge < -0.3 is 16.4 Å². The SMILES string of the molecule is CC(C)C(=O)NC1=CC(C#Cc2ccc(N)cc2Cl)NC=C1. The predicted molar refractivity (Wildman–Crippen MR) is 89.9 cm³/mol. The van der Waals surface area contributed by atoms with Crippen LogP contribution in [0.5, 0.6) is 0 Å². The van der Waals surface area contributed by atoms with Gasteiger partial charge in [-0.15, -0.1) is 0 Å². The summed E-state index contributed by atoms with van der Waals surface area (Å²) in [6.07, 6.45) is 5.42. The Kier molecular flexibility index (Phi) is 5.13. The molecule has 0 saturated heterocycles. The maximum Gasteiger partial charge on any atom is 0.226 e. The van der Waals surface area contributed by atoms with E-state index in [4.69, 9.17) is 17.3 Å². The third-order valence-electron chi connectivity index (χ3n) is 3.03. The zero-order valence-corrected chi connectivity index (χ0v) is 13.2. The van der Waals surface area contributed by atoms with Crippen LogP contribution in [0.4, 0.5) is 5.69 Å².